The van der Waals surface area contributed by atoms with Crippen molar-refractivity contribution >= 4 is 28.5 Å². The van der Waals surface area contributed by atoms with Crippen LogP contribution in [0.1, 0.15) is 20.9 Å². The fourth-order valence-electron chi connectivity index (χ4n) is 2.39. The maximum Gasteiger partial charge on any atom is 0.305 e. The lowest BCUT2D eigenvalue weighted by atomic mass is 10.2. The van der Waals surface area contributed by atoms with E-state index in [0.717, 1.165) is 11.8 Å². The molecule has 0 spiro atoms. The van der Waals surface area contributed by atoms with Crippen molar-refractivity contribution < 1.29 is 14.0 Å². The zero-order valence-corrected chi connectivity index (χ0v) is 14.3. The summed E-state index contributed by atoms with van der Waals surface area (Å²) < 4.78 is 5.42. The summed E-state index contributed by atoms with van der Waals surface area (Å²) in [6.45, 7) is 0. The molecule has 0 radical (unpaired) electrons. The third-order valence-corrected chi connectivity index (χ3v) is 3.77. The zero-order valence-electron chi connectivity index (χ0n) is 14.3. The number of hydrogen-bond acceptors (Lipinski definition) is 5. The van der Waals surface area contributed by atoms with Gasteiger partial charge in [0.25, 0.3) is 5.91 Å². The SMILES string of the molecule is CN(C)c1cccc(C(=O)NNC(=O)c2cc(=O)c3ccccc3o2)c1. The van der Waals surface area contributed by atoms with E-state index in [-0.39, 0.29) is 11.2 Å². The molecule has 0 unspecified atom stereocenters. The van der Waals surface area contributed by atoms with Crippen LogP contribution in [0.25, 0.3) is 11.0 Å². The highest BCUT2D eigenvalue weighted by molar-refractivity contribution is 5.99. The first-order valence-corrected chi connectivity index (χ1v) is 7.86. The predicted octanol–water partition coefficient (Wildman–Crippen LogP) is 1.93. The smallest absolute Gasteiger partial charge is 0.305 e. The molecule has 26 heavy (non-hydrogen) atoms. The van der Waals surface area contributed by atoms with Crippen LogP contribution >= 0.6 is 0 Å². The molecule has 0 fully saturated rings. The van der Waals surface area contributed by atoms with Crippen molar-refractivity contribution in [2.75, 3.05) is 19.0 Å². The summed E-state index contributed by atoms with van der Waals surface area (Å²) >= 11 is 0. The second kappa shape index (κ2) is 7.10. The van der Waals surface area contributed by atoms with Crippen molar-refractivity contribution in [1.82, 2.24) is 10.9 Å². The zero-order chi connectivity index (χ0) is 18.7. The minimum atomic E-state index is -0.718. The van der Waals surface area contributed by atoms with Crippen LogP contribution in [-0.4, -0.2) is 25.9 Å². The van der Waals surface area contributed by atoms with Gasteiger partial charge in [-0.1, -0.05) is 18.2 Å². The highest BCUT2D eigenvalue weighted by Crippen LogP contribution is 2.13. The molecular weight excluding hydrogens is 334 g/mol. The Balaban J connectivity index is 1.74. The summed E-state index contributed by atoms with van der Waals surface area (Å²) in [5.74, 6) is -1.38. The molecule has 2 aromatic carbocycles. The van der Waals surface area contributed by atoms with Crippen LogP contribution in [0, 0.1) is 0 Å². The molecule has 132 valence electrons. The van der Waals surface area contributed by atoms with Gasteiger partial charge in [-0.3, -0.25) is 25.2 Å². The van der Waals surface area contributed by atoms with Gasteiger partial charge in [-0.05, 0) is 30.3 Å². The molecule has 0 aliphatic carbocycles. The quantitative estimate of drug-likeness (QED) is 0.704. The third-order valence-electron chi connectivity index (χ3n) is 3.77. The lowest BCUT2D eigenvalue weighted by Gasteiger charge is -2.13. The van der Waals surface area contributed by atoms with Gasteiger partial charge in [0.2, 0.25) is 0 Å². The summed E-state index contributed by atoms with van der Waals surface area (Å²) in [7, 11) is 3.72. The second-order valence-electron chi connectivity index (χ2n) is 5.82. The van der Waals surface area contributed by atoms with Crippen molar-refractivity contribution in [3.63, 3.8) is 0 Å². The molecule has 0 bridgehead atoms. The van der Waals surface area contributed by atoms with E-state index in [1.807, 2.05) is 25.1 Å². The Hall–Kier alpha value is -3.61. The van der Waals surface area contributed by atoms with E-state index in [1.54, 1.807) is 42.5 Å². The Morgan fingerprint density at radius 3 is 2.42 bits per heavy atom. The monoisotopic (exact) mass is 351 g/mol. The van der Waals surface area contributed by atoms with E-state index in [2.05, 4.69) is 10.9 Å². The number of anilines is 1. The van der Waals surface area contributed by atoms with Gasteiger partial charge in [0, 0.05) is 31.4 Å². The average molecular weight is 351 g/mol. The Morgan fingerprint density at radius 1 is 0.923 bits per heavy atom. The Morgan fingerprint density at radius 2 is 1.65 bits per heavy atom. The van der Waals surface area contributed by atoms with Crippen LogP contribution < -0.4 is 21.2 Å². The molecule has 3 aromatic rings. The molecule has 1 heterocycles. The number of para-hydroxylation sites is 1. The maximum absolute atomic E-state index is 12.2. The largest absolute Gasteiger partial charge is 0.451 e. The molecule has 7 nitrogen and oxygen atoms in total. The Labute approximate surface area is 149 Å². The van der Waals surface area contributed by atoms with Crippen molar-refractivity contribution in [3.05, 3.63) is 76.1 Å². The fraction of sp³-hybridized carbons (Fsp3) is 0.105. The molecule has 0 aliphatic heterocycles. The third kappa shape index (κ3) is 3.56. The van der Waals surface area contributed by atoms with E-state index in [1.165, 1.54) is 0 Å². The second-order valence-corrected chi connectivity index (χ2v) is 5.82. The van der Waals surface area contributed by atoms with E-state index in [0.29, 0.717) is 16.5 Å². The first-order valence-electron chi connectivity index (χ1n) is 7.86. The molecule has 2 N–H and O–H groups in total. The van der Waals surface area contributed by atoms with Gasteiger partial charge in [0.05, 0.1) is 5.39 Å². The number of nitrogens with zero attached hydrogens (tertiary/aromatic N) is 1. The van der Waals surface area contributed by atoms with E-state index in [9.17, 15) is 14.4 Å². The van der Waals surface area contributed by atoms with Gasteiger partial charge in [-0.25, -0.2) is 0 Å². The predicted molar refractivity (Wildman–Crippen MR) is 98.2 cm³/mol. The fourth-order valence-corrected chi connectivity index (χ4v) is 2.39. The molecule has 3 rings (SSSR count). The molecule has 7 heteroatoms. The summed E-state index contributed by atoms with van der Waals surface area (Å²) in [6, 6.07) is 14.6. The first kappa shape index (κ1) is 17.2. The molecular formula is C19H17N3O4. The van der Waals surface area contributed by atoms with Crippen LogP contribution in [0.2, 0.25) is 0 Å². The van der Waals surface area contributed by atoms with Crippen molar-refractivity contribution in [2.24, 2.45) is 0 Å². The number of fused-ring (bicyclic) bond motifs is 1. The molecule has 0 aliphatic rings. The van der Waals surface area contributed by atoms with E-state index in [4.69, 9.17) is 4.42 Å². The van der Waals surface area contributed by atoms with Crippen molar-refractivity contribution in [2.45, 2.75) is 0 Å². The van der Waals surface area contributed by atoms with Gasteiger partial charge >= 0.3 is 5.91 Å². The summed E-state index contributed by atoms with van der Waals surface area (Å²) in [4.78, 5) is 38.3. The standard InChI is InChI=1S/C19H17N3O4/c1-22(2)13-7-5-6-12(10-13)18(24)20-21-19(25)17-11-15(23)14-8-3-4-9-16(14)26-17/h3-11H,1-2H3,(H,20,24)(H,21,25). The molecule has 0 saturated carbocycles. The van der Waals surface area contributed by atoms with Crippen molar-refractivity contribution in [3.8, 4) is 0 Å². The minimum Gasteiger partial charge on any atom is -0.451 e. The highest BCUT2D eigenvalue weighted by Gasteiger charge is 2.14. The maximum atomic E-state index is 12.2. The Bertz CT molecular complexity index is 1040. The van der Waals surface area contributed by atoms with Gasteiger partial charge in [-0.15, -0.1) is 0 Å². The highest BCUT2D eigenvalue weighted by atomic mass is 16.3. The van der Waals surface area contributed by atoms with Crippen LogP contribution in [0.5, 0.6) is 0 Å². The normalized spacial score (nSPS) is 10.4. The number of nitrogens with one attached hydrogen (secondary N) is 2. The molecule has 0 atom stereocenters. The van der Waals surface area contributed by atoms with Gasteiger partial charge < -0.3 is 9.32 Å². The average Bonchev–Trinajstić information content (AvgIpc) is 2.65. The number of hydrazine groups is 1. The summed E-state index contributed by atoms with van der Waals surface area (Å²) in [6.07, 6.45) is 0. The molecule has 2 amide bonds. The Kier molecular flexibility index (Phi) is 4.70. The topological polar surface area (TPSA) is 91.7 Å². The van der Waals surface area contributed by atoms with Crippen LogP contribution in [0.15, 0.2) is 63.8 Å². The number of hydrogen-bond donors (Lipinski definition) is 2. The minimum absolute atomic E-state index is 0.184. The van der Waals surface area contributed by atoms with E-state index >= 15 is 0 Å². The first-order chi connectivity index (χ1) is 12.5. The van der Waals surface area contributed by atoms with Crippen LogP contribution in [0.3, 0.4) is 0 Å². The van der Waals surface area contributed by atoms with E-state index < -0.39 is 11.8 Å². The van der Waals surface area contributed by atoms with Crippen molar-refractivity contribution in [1.29, 1.82) is 0 Å². The lowest BCUT2D eigenvalue weighted by Crippen LogP contribution is -2.41. The number of carbonyl (C=O) groups is 2. The lowest BCUT2D eigenvalue weighted by molar-refractivity contribution is 0.0831. The summed E-state index contributed by atoms with van der Waals surface area (Å²) in [5, 5.41) is 0.383. The number of benzene rings is 2. The molecule has 1 aromatic heterocycles. The van der Waals surface area contributed by atoms with Gasteiger partial charge in [0.15, 0.2) is 11.2 Å². The number of amides is 2. The number of rotatable bonds is 3. The summed E-state index contributed by atoms with van der Waals surface area (Å²) in [5.41, 5.74) is 5.77. The van der Waals surface area contributed by atoms with Gasteiger partial charge in [-0.2, -0.15) is 0 Å². The number of carbonyl (C=O) groups excluding carboxylic acids is 2. The van der Waals surface area contributed by atoms with Gasteiger partial charge in [0.1, 0.15) is 5.58 Å². The van der Waals surface area contributed by atoms with Crippen LogP contribution in [0.4, 0.5) is 5.69 Å². The van der Waals surface area contributed by atoms with Crippen LogP contribution in [-0.2, 0) is 0 Å². The molecule has 0 saturated heterocycles.